The molecule has 0 aromatic carbocycles. The quantitative estimate of drug-likeness (QED) is 0.471. The Labute approximate surface area is 82.9 Å². The maximum absolute atomic E-state index is 10.4. The van der Waals surface area contributed by atoms with Crippen molar-refractivity contribution >= 4 is 34.7 Å². The molecule has 10 heteroatoms. The van der Waals surface area contributed by atoms with Crippen LogP contribution in [0.1, 0.15) is 0 Å². The zero-order valence-corrected chi connectivity index (χ0v) is 7.95. The third-order valence-corrected chi connectivity index (χ3v) is 1.28. The molecule has 0 aliphatic carbocycles. The van der Waals surface area contributed by atoms with Crippen LogP contribution in [0.25, 0.3) is 0 Å². The van der Waals surface area contributed by atoms with Gasteiger partial charge >= 0.3 is 34.7 Å². The lowest BCUT2D eigenvalue weighted by Crippen LogP contribution is -2.06. The zero-order chi connectivity index (χ0) is 11.1. The summed E-state index contributed by atoms with van der Waals surface area (Å²) in [6, 6.07) is 0. The minimum absolute atomic E-state index is 0.462. The van der Waals surface area contributed by atoms with Gasteiger partial charge in [0, 0.05) is 12.2 Å². The van der Waals surface area contributed by atoms with Gasteiger partial charge in [0.15, 0.2) is 0 Å². The van der Waals surface area contributed by atoms with Crippen molar-refractivity contribution in [2.75, 3.05) is 0 Å². The average Bonchev–Trinajstić information content (AvgIpc) is 1.98. The van der Waals surface area contributed by atoms with E-state index < -0.39 is 34.7 Å². The molecule has 0 saturated heterocycles. The van der Waals surface area contributed by atoms with Gasteiger partial charge in [-0.2, -0.15) is 8.42 Å². The Bertz CT molecular complexity index is 276. The van der Waals surface area contributed by atoms with E-state index in [1.165, 1.54) is 0 Å². The maximum Gasteiger partial charge on any atom is 0.360 e. The van der Waals surface area contributed by atoms with Gasteiger partial charge < -0.3 is 8.37 Å². The lowest BCUT2D eigenvalue weighted by Gasteiger charge is -1.92. The van der Waals surface area contributed by atoms with E-state index in [-0.39, 0.29) is 0 Å². The van der Waals surface area contributed by atoms with Crippen LogP contribution in [-0.4, -0.2) is 29.5 Å². The topological polar surface area (TPSA) is 127 Å². The predicted molar refractivity (Wildman–Crippen MR) is 42.9 cm³/mol. The Kier molecular flexibility index (Phi) is 5.87. The minimum Gasteiger partial charge on any atom is -0.340 e. The summed E-state index contributed by atoms with van der Waals surface area (Å²) in [5.41, 5.74) is 0. The fourth-order valence-corrected chi connectivity index (χ4v) is 0.724. The third kappa shape index (κ3) is 7.54. The molecule has 0 fully saturated rings. The van der Waals surface area contributed by atoms with Gasteiger partial charge in [0.2, 0.25) is 0 Å². The van der Waals surface area contributed by atoms with E-state index in [0.717, 1.165) is 0 Å². The highest BCUT2D eigenvalue weighted by Gasteiger charge is 2.05. The van der Waals surface area contributed by atoms with Crippen molar-refractivity contribution < 1.29 is 35.5 Å². The zero-order valence-electron chi connectivity index (χ0n) is 6.32. The molecule has 14 heavy (non-hydrogen) atoms. The molecule has 0 rings (SSSR count). The average molecular weight is 244 g/mol. The first-order valence-electron chi connectivity index (χ1n) is 2.76. The molecule has 0 radical (unpaired) electrons. The molecule has 80 valence electrons. The van der Waals surface area contributed by atoms with Gasteiger partial charge in [0.25, 0.3) is 0 Å². The molecular formula is C4H4O8S2. The summed E-state index contributed by atoms with van der Waals surface area (Å²) in [4.78, 5) is 20.9. The molecule has 0 amide bonds. The van der Waals surface area contributed by atoms with Crippen LogP contribution in [0.3, 0.4) is 0 Å². The van der Waals surface area contributed by atoms with Crippen LogP contribution in [0, 0.1) is 0 Å². The van der Waals surface area contributed by atoms with Crippen LogP contribution in [0.4, 0.5) is 0 Å². The molecule has 2 unspecified atom stereocenters. The molecule has 0 aromatic rings. The summed E-state index contributed by atoms with van der Waals surface area (Å²) in [5.74, 6) is -2.54. The van der Waals surface area contributed by atoms with Gasteiger partial charge in [-0.15, -0.1) is 0 Å². The van der Waals surface area contributed by atoms with Crippen molar-refractivity contribution in [2.24, 2.45) is 0 Å². The number of hydrogen-bond acceptors (Lipinski definition) is 6. The number of carbonyl (C=O) groups excluding carboxylic acids is 2. The maximum atomic E-state index is 10.4. The normalized spacial score (nSPS) is 14.7. The van der Waals surface area contributed by atoms with E-state index in [9.17, 15) is 18.0 Å². The van der Waals surface area contributed by atoms with Crippen molar-refractivity contribution in [1.82, 2.24) is 0 Å². The highest BCUT2D eigenvalue weighted by molar-refractivity contribution is 7.74. The summed E-state index contributed by atoms with van der Waals surface area (Å²) in [7, 11) is 0. The highest BCUT2D eigenvalue weighted by atomic mass is 32.2. The molecule has 0 heterocycles. The molecule has 0 aromatic heterocycles. The van der Waals surface area contributed by atoms with Crippen LogP contribution >= 0.6 is 0 Å². The van der Waals surface area contributed by atoms with Crippen molar-refractivity contribution in [3.8, 4) is 0 Å². The van der Waals surface area contributed by atoms with Gasteiger partial charge in [-0.05, 0) is 0 Å². The van der Waals surface area contributed by atoms with Crippen molar-refractivity contribution in [3.63, 3.8) is 0 Å². The molecular weight excluding hydrogens is 240 g/mol. The molecule has 0 bridgehead atoms. The molecule has 0 spiro atoms. The smallest absolute Gasteiger partial charge is 0.340 e. The monoisotopic (exact) mass is 244 g/mol. The van der Waals surface area contributed by atoms with Gasteiger partial charge in [0.05, 0.1) is 0 Å². The van der Waals surface area contributed by atoms with Crippen LogP contribution in [0.5, 0.6) is 0 Å². The second-order valence-corrected chi connectivity index (χ2v) is 2.77. The fourth-order valence-electron chi connectivity index (χ4n) is 0.332. The Hall–Kier alpha value is -1.10. The first-order valence-corrected chi connectivity index (χ1v) is 4.82. The second-order valence-electron chi connectivity index (χ2n) is 1.57. The SMILES string of the molecule is O=C(C=CC(=O)OS(=O)O)OS(=O)O. The standard InChI is InChI=1S/C4H4O8S2/c5-3(11-13(7)8)1-2-4(6)12-14(9)10/h1-2H,(H,7,8)(H,9,10). The lowest BCUT2D eigenvalue weighted by atomic mass is 10.5. The molecule has 0 aliphatic rings. The number of hydrogen-bond donors (Lipinski definition) is 2. The Morgan fingerprint density at radius 2 is 1.21 bits per heavy atom. The summed E-state index contributed by atoms with van der Waals surface area (Å²) in [5, 5.41) is 0. The minimum atomic E-state index is -2.78. The van der Waals surface area contributed by atoms with E-state index in [1.807, 2.05) is 0 Å². The van der Waals surface area contributed by atoms with Crippen molar-refractivity contribution in [1.29, 1.82) is 0 Å². The van der Waals surface area contributed by atoms with E-state index in [2.05, 4.69) is 8.37 Å². The van der Waals surface area contributed by atoms with Crippen LogP contribution < -0.4 is 0 Å². The van der Waals surface area contributed by atoms with Crippen LogP contribution in [-0.2, 0) is 40.7 Å². The first kappa shape index (κ1) is 12.9. The van der Waals surface area contributed by atoms with E-state index >= 15 is 0 Å². The fraction of sp³-hybridized carbons (Fsp3) is 0. The van der Waals surface area contributed by atoms with E-state index in [0.29, 0.717) is 12.2 Å². The summed E-state index contributed by atoms with van der Waals surface area (Å²) >= 11 is -5.57. The Morgan fingerprint density at radius 3 is 1.43 bits per heavy atom. The summed E-state index contributed by atoms with van der Waals surface area (Å²) < 4.78 is 43.1. The van der Waals surface area contributed by atoms with E-state index in [4.69, 9.17) is 9.11 Å². The third-order valence-electron chi connectivity index (χ3n) is 0.662. The van der Waals surface area contributed by atoms with Gasteiger partial charge in [0.1, 0.15) is 0 Å². The molecule has 2 N–H and O–H groups in total. The van der Waals surface area contributed by atoms with Crippen LogP contribution in [0.15, 0.2) is 12.2 Å². The van der Waals surface area contributed by atoms with Gasteiger partial charge in [-0.3, -0.25) is 9.11 Å². The molecule has 2 atom stereocenters. The Balaban J connectivity index is 4.04. The van der Waals surface area contributed by atoms with Gasteiger partial charge in [-0.1, -0.05) is 0 Å². The number of carbonyl (C=O) groups is 2. The highest BCUT2D eigenvalue weighted by Crippen LogP contribution is 1.88. The lowest BCUT2D eigenvalue weighted by molar-refractivity contribution is -0.131. The van der Waals surface area contributed by atoms with Gasteiger partial charge in [-0.25, -0.2) is 9.59 Å². The molecule has 8 nitrogen and oxygen atoms in total. The summed E-state index contributed by atoms with van der Waals surface area (Å²) in [6.07, 6.45) is 0.923. The summed E-state index contributed by atoms with van der Waals surface area (Å²) in [6.45, 7) is 0. The number of rotatable bonds is 4. The Morgan fingerprint density at radius 1 is 0.929 bits per heavy atom. The predicted octanol–water partition coefficient (Wildman–Crippen LogP) is -1.10. The molecule has 0 saturated carbocycles. The molecule has 0 aliphatic heterocycles. The van der Waals surface area contributed by atoms with Crippen molar-refractivity contribution in [3.05, 3.63) is 12.2 Å². The van der Waals surface area contributed by atoms with Crippen LogP contribution in [0.2, 0.25) is 0 Å². The first-order chi connectivity index (χ1) is 6.41. The second kappa shape index (κ2) is 6.37. The largest absolute Gasteiger partial charge is 0.360 e. The van der Waals surface area contributed by atoms with Crippen molar-refractivity contribution in [2.45, 2.75) is 0 Å². The van der Waals surface area contributed by atoms with E-state index in [1.54, 1.807) is 0 Å².